The van der Waals surface area contributed by atoms with Crippen LogP contribution in [0.3, 0.4) is 0 Å². The number of likely N-dealkylation sites (tertiary alicyclic amines) is 2. The van der Waals surface area contributed by atoms with Gasteiger partial charge in [0.2, 0.25) is 0 Å². The lowest BCUT2D eigenvalue weighted by Crippen LogP contribution is -2.58. The Morgan fingerprint density at radius 2 is 1.57 bits per heavy atom. The van der Waals surface area contributed by atoms with Crippen LogP contribution in [0.25, 0.3) is 0 Å². The molecule has 3 aromatic rings. The molecule has 3 aliphatic heterocycles. The van der Waals surface area contributed by atoms with E-state index in [0.717, 1.165) is 75.4 Å². The van der Waals surface area contributed by atoms with Crippen molar-refractivity contribution in [3.05, 3.63) is 89.0 Å². The van der Waals surface area contributed by atoms with Crippen LogP contribution in [0.2, 0.25) is 0 Å². The van der Waals surface area contributed by atoms with Gasteiger partial charge in [-0.2, -0.15) is 0 Å². The van der Waals surface area contributed by atoms with E-state index in [-0.39, 0.29) is 17.5 Å². The number of piperidine rings is 2. The Kier molecular flexibility index (Phi) is 8.84. The second-order valence-electron chi connectivity index (χ2n) is 12.7. The van der Waals surface area contributed by atoms with Crippen molar-refractivity contribution >= 4 is 17.7 Å². The van der Waals surface area contributed by atoms with Crippen molar-refractivity contribution in [3.8, 4) is 0 Å². The molecule has 3 fully saturated rings. The van der Waals surface area contributed by atoms with E-state index >= 15 is 0 Å². The van der Waals surface area contributed by atoms with Crippen molar-refractivity contribution in [2.24, 2.45) is 0 Å². The van der Waals surface area contributed by atoms with E-state index in [9.17, 15) is 9.59 Å². The van der Waals surface area contributed by atoms with Gasteiger partial charge in [0.15, 0.2) is 0 Å². The number of cyclic esters (lactones) is 1. The van der Waals surface area contributed by atoms with Crippen LogP contribution in [0.4, 0.5) is 10.5 Å². The number of ether oxygens (including phenoxy) is 1. The number of carbonyl (C=O) groups excluding carboxylic acids is 2. The summed E-state index contributed by atoms with van der Waals surface area (Å²) in [6.07, 6.45) is 5.42. The summed E-state index contributed by atoms with van der Waals surface area (Å²) in [6, 6.07) is 19.8. The molecule has 0 spiro atoms. The van der Waals surface area contributed by atoms with Crippen LogP contribution in [0.1, 0.15) is 65.5 Å². The third-order valence-electron chi connectivity index (χ3n) is 9.92. The largest absolute Gasteiger partial charge is 0.448 e. The SMILES string of the molecule is Cc1ncnc(C)c1C(=O)N1CCC(C)(N2CCC(N(Cc3ccccc3)c3ccc(CN4CCOC4=O)cc3)CC2)CC1. The predicted molar refractivity (Wildman–Crippen MR) is 170 cm³/mol. The monoisotopic (exact) mass is 596 g/mol. The van der Waals surface area contributed by atoms with E-state index in [1.165, 1.54) is 17.6 Å². The van der Waals surface area contributed by atoms with Gasteiger partial charge in [0.1, 0.15) is 12.9 Å². The number of hydrogen-bond donors (Lipinski definition) is 0. The highest BCUT2D eigenvalue weighted by Crippen LogP contribution is 2.34. The van der Waals surface area contributed by atoms with Gasteiger partial charge in [-0.15, -0.1) is 0 Å². The molecule has 0 unspecified atom stereocenters. The van der Waals surface area contributed by atoms with Crippen LogP contribution in [-0.2, 0) is 17.8 Å². The zero-order chi connectivity index (χ0) is 30.7. The second-order valence-corrected chi connectivity index (χ2v) is 12.7. The van der Waals surface area contributed by atoms with E-state index < -0.39 is 0 Å². The lowest BCUT2D eigenvalue weighted by Gasteiger charge is -2.50. The highest BCUT2D eigenvalue weighted by Gasteiger charge is 2.40. The fourth-order valence-electron chi connectivity index (χ4n) is 7.08. The van der Waals surface area contributed by atoms with Crippen molar-refractivity contribution < 1.29 is 14.3 Å². The number of carbonyl (C=O) groups is 2. The number of aryl methyl sites for hydroxylation is 2. The van der Waals surface area contributed by atoms with Gasteiger partial charge in [0, 0.05) is 56.5 Å². The second kappa shape index (κ2) is 12.9. The summed E-state index contributed by atoms with van der Waals surface area (Å²) in [7, 11) is 0. The van der Waals surface area contributed by atoms with E-state index in [1.54, 1.807) is 4.90 Å². The lowest BCUT2D eigenvalue weighted by atomic mass is 9.85. The zero-order valence-electron chi connectivity index (χ0n) is 26.2. The first-order valence-electron chi connectivity index (χ1n) is 15.9. The van der Waals surface area contributed by atoms with Crippen molar-refractivity contribution in [2.75, 3.05) is 44.2 Å². The maximum Gasteiger partial charge on any atom is 0.410 e. The zero-order valence-corrected chi connectivity index (χ0v) is 26.2. The van der Waals surface area contributed by atoms with Crippen LogP contribution >= 0.6 is 0 Å². The number of amides is 2. The van der Waals surface area contributed by atoms with Crippen LogP contribution < -0.4 is 4.90 Å². The summed E-state index contributed by atoms with van der Waals surface area (Å²) in [6.45, 7) is 12.3. The summed E-state index contributed by atoms with van der Waals surface area (Å²) >= 11 is 0. The van der Waals surface area contributed by atoms with Gasteiger partial charge >= 0.3 is 6.09 Å². The third kappa shape index (κ3) is 6.43. The molecule has 1 aromatic heterocycles. The average Bonchev–Trinajstić information content (AvgIpc) is 3.45. The quantitative estimate of drug-likeness (QED) is 0.353. The molecule has 6 rings (SSSR count). The Morgan fingerprint density at radius 1 is 0.909 bits per heavy atom. The minimum atomic E-state index is -0.228. The van der Waals surface area contributed by atoms with Crippen molar-refractivity contribution in [1.82, 2.24) is 24.7 Å². The fraction of sp³-hybridized carbons (Fsp3) is 0.486. The average molecular weight is 597 g/mol. The first kappa shape index (κ1) is 30.1. The van der Waals surface area contributed by atoms with Crippen molar-refractivity contribution in [3.63, 3.8) is 0 Å². The third-order valence-corrected chi connectivity index (χ3v) is 9.92. The van der Waals surface area contributed by atoms with Gasteiger partial charge in [-0.25, -0.2) is 14.8 Å². The topological polar surface area (TPSA) is 82.1 Å². The van der Waals surface area contributed by atoms with Gasteiger partial charge in [-0.1, -0.05) is 42.5 Å². The number of rotatable bonds is 8. The molecule has 0 atom stereocenters. The minimum absolute atomic E-state index is 0.0595. The Labute approximate surface area is 260 Å². The van der Waals surface area contributed by atoms with Gasteiger partial charge in [0.05, 0.1) is 23.5 Å². The van der Waals surface area contributed by atoms with Gasteiger partial charge in [0.25, 0.3) is 5.91 Å². The molecule has 4 heterocycles. The Bertz CT molecular complexity index is 1430. The Hall–Kier alpha value is -3.98. The maximum atomic E-state index is 13.4. The first-order valence-corrected chi connectivity index (χ1v) is 15.9. The van der Waals surface area contributed by atoms with Crippen molar-refractivity contribution in [1.29, 1.82) is 0 Å². The molecular weight excluding hydrogens is 552 g/mol. The van der Waals surface area contributed by atoms with Crippen molar-refractivity contribution in [2.45, 2.75) is 71.1 Å². The highest BCUT2D eigenvalue weighted by atomic mass is 16.6. The van der Waals surface area contributed by atoms with Crippen LogP contribution in [0, 0.1) is 13.8 Å². The summed E-state index contributed by atoms with van der Waals surface area (Å²) in [4.78, 5) is 42.8. The summed E-state index contributed by atoms with van der Waals surface area (Å²) in [5.41, 5.74) is 5.88. The Morgan fingerprint density at radius 3 is 2.18 bits per heavy atom. The molecule has 0 radical (unpaired) electrons. The molecule has 0 aliphatic carbocycles. The molecule has 9 heteroatoms. The number of nitrogens with zero attached hydrogens (tertiary/aromatic N) is 6. The standard InChI is InChI=1S/C35H44N6O3/c1-26-32(27(2)37-25-36-26)33(42)38-19-15-35(3,16-20-38)40-17-13-31(14-18-40)41(24-28-7-5-4-6-8-28)30-11-9-29(10-12-30)23-39-21-22-44-34(39)43/h4-12,25,31H,13-24H2,1-3H3. The van der Waals surface area contributed by atoms with E-state index in [0.29, 0.717) is 31.3 Å². The predicted octanol–water partition coefficient (Wildman–Crippen LogP) is 5.21. The molecule has 3 aliphatic rings. The molecule has 44 heavy (non-hydrogen) atoms. The highest BCUT2D eigenvalue weighted by molar-refractivity contribution is 5.96. The molecule has 2 amide bonds. The number of benzene rings is 2. The molecular formula is C35H44N6O3. The Balaban J connectivity index is 1.10. The van der Waals surface area contributed by atoms with Gasteiger partial charge in [-0.3, -0.25) is 9.69 Å². The summed E-state index contributed by atoms with van der Waals surface area (Å²) in [5, 5.41) is 0. The van der Waals surface area contributed by atoms with E-state index in [1.807, 2.05) is 18.7 Å². The summed E-state index contributed by atoms with van der Waals surface area (Å²) < 4.78 is 5.10. The number of hydrogen-bond acceptors (Lipinski definition) is 7. The van der Waals surface area contributed by atoms with Gasteiger partial charge in [-0.05, 0) is 69.7 Å². The molecule has 0 saturated carbocycles. The molecule has 3 saturated heterocycles. The summed E-state index contributed by atoms with van der Waals surface area (Å²) in [5.74, 6) is 0.0595. The van der Waals surface area contributed by atoms with Crippen LogP contribution in [0.15, 0.2) is 60.9 Å². The molecule has 2 aromatic carbocycles. The molecule has 0 bridgehead atoms. The van der Waals surface area contributed by atoms with Crippen LogP contribution in [0.5, 0.6) is 0 Å². The van der Waals surface area contributed by atoms with Gasteiger partial charge < -0.3 is 19.4 Å². The molecule has 0 N–H and O–H groups in total. The number of aromatic nitrogens is 2. The lowest BCUT2D eigenvalue weighted by molar-refractivity contribution is 0.0170. The number of anilines is 1. The van der Waals surface area contributed by atoms with Crippen LogP contribution in [-0.4, -0.2) is 87.6 Å². The van der Waals surface area contributed by atoms with E-state index in [4.69, 9.17) is 4.74 Å². The minimum Gasteiger partial charge on any atom is -0.448 e. The molecule has 232 valence electrons. The first-order chi connectivity index (χ1) is 21.3. The fourth-order valence-corrected chi connectivity index (χ4v) is 7.08. The van der Waals surface area contributed by atoms with E-state index in [2.05, 4.69) is 81.3 Å². The maximum absolute atomic E-state index is 13.4. The molecule has 9 nitrogen and oxygen atoms in total. The smallest absolute Gasteiger partial charge is 0.410 e. The normalized spacial score (nSPS) is 19.2.